The van der Waals surface area contributed by atoms with E-state index in [1.807, 2.05) is 6.07 Å². The Morgan fingerprint density at radius 3 is 2.51 bits per heavy atom. The highest BCUT2D eigenvalue weighted by Gasteiger charge is 2.37. The van der Waals surface area contributed by atoms with Crippen LogP contribution < -0.4 is 9.62 Å². The van der Waals surface area contributed by atoms with Crippen LogP contribution in [0.3, 0.4) is 0 Å². The monoisotopic (exact) mass is 526 g/mol. The van der Waals surface area contributed by atoms with Crippen molar-refractivity contribution in [2.45, 2.75) is 44.0 Å². The van der Waals surface area contributed by atoms with Crippen molar-refractivity contribution in [3.8, 4) is 11.3 Å². The molecule has 1 saturated heterocycles. The van der Waals surface area contributed by atoms with Crippen LogP contribution in [0.2, 0.25) is 6.32 Å². The molecule has 1 unspecified atom stereocenters. The lowest BCUT2D eigenvalue weighted by atomic mass is 9.82. The topological polar surface area (TPSA) is 109 Å². The zero-order valence-corrected chi connectivity index (χ0v) is 21.3. The average Bonchev–Trinajstić information content (AvgIpc) is 3.77. The molecule has 1 amide bonds. The molecule has 194 valence electrons. The minimum Gasteiger partial charge on any atom is -0.455 e. The lowest BCUT2D eigenvalue weighted by Gasteiger charge is -2.27. The van der Waals surface area contributed by atoms with Gasteiger partial charge in [-0.15, -0.1) is 0 Å². The second kappa shape index (κ2) is 9.14. The SMILES string of the molecule is CS(=O)(=O)N(CC1COB(O)C1)c1cc2oc(-c3ccc(F)cc3)c(C(=O)NC3CC3)c2cc1C1CC1. The van der Waals surface area contributed by atoms with Crippen molar-refractivity contribution >= 4 is 39.7 Å². The number of carbonyl (C=O) groups is 1. The van der Waals surface area contributed by atoms with Crippen molar-refractivity contribution in [1.29, 1.82) is 0 Å². The second-order valence-corrected chi connectivity index (χ2v) is 12.3. The summed E-state index contributed by atoms with van der Waals surface area (Å²) < 4.78 is 52.5. The molecule has 8 nitrogen and oxygen atoms in total. The van der Waals surface area contributed by atoms with Gasteiger partial charge in [-0.1, -0.05) is 0 Å². The number of hydrogen-bond donors (Lipinski definition) is 2. The number of nitrogens with one attached hydrogen (secondary N) is 1. The van der Waals surface area contributed by atoms with Crippen molar-refractivity contribution in [1.82, 2.24) is 5.32 Å². The summed E-state index contributed by atoms with van der Waals surface area (Å²) in [5.74, 6) is -0.305. The summed E-state index contributed by atoms with van der Waals surface area (Å²) in [6, 6.07) is 9.49. The molecule has 6 rings (SSSR count). The number of rotatable bonds is 8. The predicted molar refractivity (Wildman–Crippen MR) is 138 cm³/mol. The zero-order chi connectivity index (χ0) is 25.9. The molecule has 1 aliphatic heterocycles. The summed E-state index contributed by atoms with van der Waals surface area (Å²) in [6.45, 7) is 0.441. The zero-order valence-electron chi connectivity index (χ0n) is 20.4. The highest BCUT2D eigenvalue weighted by atomic mass is 32.2. The molecular formula is C26H28BFN2O6S. The molecule has 0 spiro atoms. The molecule has 0 bridgehead atoms. The molecule has 3 aliphatic rings. The summed E-state index contributed by atoms with van der Waals surface area (Å²) in [5.41, 5.74) is 2.69. The number of anilines is 1. The van der Waals surface area contributed by atoms with E-state index in [1.165, 1.54) is 22.7 Å². The Hall–Kier alpha value is -2.89. The van der Waals surface area contributed by atoms with E-state index < -0.39 is 23.0 Å². The van der Waals surface area contributed by atoms with Crippen molar-refractivity contribution in [3.05, 3.63) is 53.3 Å². The molecule has 1 atom stereocenters. The molecule has 3 fully saturated rings. The van der Waals surface area contributed by atoms with E-state index in [9.17, 15) is 22.6 Å². The molecule has 11 heteroatoms. The minimum atomic E-state index is -3.67. The highest BCUT2D eigenvalue weighted by Crippen LogP contribution is 2.48. The van der Waals surface area contributed by atoms with Gasteiger partial charge in [-0.3, -0.25) is 9.10 Å². The molecule has 37 heavy (non-hydrogen) atoms. The van der Waals surface area contributed by atoms with Gasteiger partial charge in [0.15, 0.2) is 0 Å². The van der Waals surface area contributed by atoms with Gasteiger partial charge in [-0.25, -0.2) is 12.8 Å². The summed E-state index contributed by atoms with van der Waals surface area (Å²) in [6.07, 6.45) is 5.22. The van der Waals surface area contributed by atoms with Crippen molar-refractivity contribution in [2.24, 2.45) is 5.92 Å². The Bertz CT molecular complexity index is 1470. The lowest BCUT2D eigenvalue weighted by molar-refractivity contribution is 0.0952. The quantitative estimate of drug-likeness (QED) is 0.431. The van der Waals surface area contributed by atoms with Gasteiger partial charge in [-0.2, -0.15) is 0 Å². The highest BCUT2D eigenvalue weighted by molar-refractivity contribution is 7.92. The van der Waals surface area contributed by atoms with Crippen molar-refractivity contribution in [2.75, 3.05) is 23.7 Å². The molecule has 3 aromatic rings. The molecule has 1 aromatic heterocycles. The number of amides is 1. The Morgan fingerprint density at radius 1 is 1.19 bits per heavy atom. The van der Waals surface area contributed by atoms with E-state index in [0.29, 0.717) is 39.9 Å². The third-order valence-electron chi connectivity index (χ3n) is 7.25. The Labute approximate surface area is 215 Å². The number of furan rings is 1. The Kier molecular flexibility index (Phi) is 6.04. The molecule has 2 aliphatic carbocycles. The fraction of sp³-hybridized carbons (Fsp3) is 0.423. The molecule has 2 aromatic carbocycles. The normalized spacial score (nSPS) is 20.0. The molecule has 2 heterocycles. The maximum Gasteiger partial charge on any atom is 0.454 e. The van der Waals surface area contributed by atoms with Crippen LogP contribution in [0.15, 0.2) is 40.8 Å². The van der Waals surface area contributed by atoms with Crippen LogP contribution in [0.5, 0.6) is 0 Å². The molecular weight excluding hydrogens is 498 g/mol. The number of hydrogen-bond acceptors (Lipinski definition) is 6. The summed E-state index contributed by atoms with van der Waals surface area (Å²) in [4.78, 5) is 13.4. The second-order valence-electron chi connectivity index (χ2n) is 10.4. The number of sulfonamides is 1. The van der Waals surface area contributed by atoms with Gasteiger partial charge in [-0.05, 0) is 79.7 Å². The summed E-state index contributed by atoms with van der Waals surface area (Å²) in [5, 5.41) is 13.4. The van der Waals surface area contributed by atoms with Gasteiger partial charge in [0, 0.05) is 36.2 Å². The lowest BCUT2D eigenvalue weighted by Crippen LogP contribution is -2.35. The van der Waals surface area contributed by atoms with Gasteiger partial charge in [0.1, 0.15) is 17.2 Å². The molecule has 2 N–H and O–H groups in total. The van der Waals surface area contributed by atoms with Crippen LogP contribution in [0, 0.1) is 11.7 Å². The first-order valence-electron chi connectivity index (χ1n) is 12.6. The third-order valence-corrected chi connectivity index (χ3v) is 8.40. The van der Waals surface area contributed by atoms with Crippen LogP contribution in [0.25, 0.3) is 22.3 Å². The number of benzene rings is 2. The number of nitrogens with zero attached hydrogens (tertiary/aromatic N) is 1. The van der Waals surface area contributed by atoms with Crippen molar-refractivity contribution < 1.29 is 31.7 Å². The minimum absolute atomic E-state index is 0.130. The van der Waals surface area contributed by atoms with Gasteiger partial charge in [0.05, 0.1) is 17.5 Å². The number of carbonyl (C=O) groups excluding carboxylic acids is 1. The largest absolute Gasteiger partial charge is 0.455 e. The van der Waals surface area contributed by atoms with Crippen molar-refractivity contribution in [3.63, 3.8) is 0 Å². The van der Waals surface area contributed by atoms with Crippen LogP contribution in [-0.4, -0.2) is 51.9 Å². The molecule has 0 radical (unpaired) electrons. The van der Waals surface area contributed by atoms with E-state index in [4.69, 9.17) is 9.07 Å². The fourth-order valence-electron chi connectivity index (χ4n) is 5.04. The van der Waals surface area contributed by atoms with Gasteiger partial charge in [0.2, 0.25) is 10.0 Å². The van der Waals surface area contributed by atoms with E-state index in [2.05, 4.69) is 5.32 Å². The third kappa shape index (κ3) is 4.99. The fourth-order valence-corrected chi connectivity index (χ4v) is 6.04. The predicted octanol–water partition coefficient (Wildman–Crippen LogP) is 3.90. The van der Waals surface area contributed by atoms with E-state index in [-0.39, 0.29) is 36.9 Å². The molecule has 2 saturated carbocycles. The smallest absolute Gasteiger partial charge is 0.454 e. The van der Waals surface area contributed by atoms with Crippen LogP contribution in [-0.2, 0) is 14.7 Å². The van der Waals surface area contributed by atoms with E-state index in [0.717, 1.165) is 31.2 Å². The Morgan fingerprint density at radius 2 is 1.92 bits per heavy atom. The first-order valence-corrected chi connectivity index (χ1v) is 14.5. The maximum absolute atomic E-state index is 13.6. The van der Waals surface area contributed by atoms with Gasteiger partial charge >= 0.3 is 7.12 Å². The summed E-state index contributed by atoms with van der Waals surface area (Å²) in [7, 11) is -4.57. The van der Waals surface area contributed by atoms with E-state index >= 15 is 0 Å². The standard InChI is InChI=1S/C26H28BFN2O6S/c1-37(33,34)30(13-15-12-27(32)35-14-15)22-11-23-21(10-20(22)16-2-3-16)24(26(31)29-19-8-9-19)25(36-23)17-4-6-18(28)7-5-17/h4-7,10-11,15-16,19,32H,2-3,8-9,12-14H2,1H3,(H,29,31). The number of fused-ring (bicyclic) bond motifs is 1. The number of halogens is 1. The maximum atomic E-state index is 13.6. The first-order chi connectivity index (χ1) is 17.7. The average molecular weight is 526 g/mol. The Balaban J connectivity index is 1.51. The van der Waals surface area contributed by atoms with Gasteiger partial charge in [0.25, 0.3) is 5.91 Å². The first kappa shape index (κ1) is 24.5. The van der Waals surface area contributed by atoms with Crippen LogP contribution in [0.1, 0.15) is 47.5 Å². The van der Waals surface area contributed by atoms with Crippen LogP contribution >= 0.6 is 0 Å². The summed E-state index contributed by atoms with van der Waals surface area (Å²) >= 11 is 0. The van der Waals surface area contributed by atoms with E-state index in [1.54, 1.807) is 18.2 Å². The van der Waals surface area contributed by atoms with Gasteiger partial charge < -0.3 is 19.4 Å². The van der Waals surface area contributed by atoms with Crippen LogP contribution in [0.4, 0.5) is 10.1 Å².